The third-order valence-electron chi connectivity index (χ3n) is 2.32. The maximum atomic E-state index is 12.1. The van der Waals surface area contributed by atoms with E-state index >= 15 is 0 Å². The molecule has 0 aromatic carbocycles. The molecule has 108 valence electrons. The third kappa shape index (κ3) is 4.30. The Hall–Kier alpha value is -1.44. The van der Waals surface area contributed by atoms with Crippen LogP contribution in [-0.2, 0) is 16.0 Å². The van der Waals surface area contributed by atoms with Gasteiger partial charge in [0, 0.05) is 6.61 Å². The number of carbonyl (C=O) groups excluding carboxylic acids is 1. The van der Waals surface area contributed by atoms with Gasteiger partial charge < -0.3 is 9.26 Å². The van der Waals surface area contributed by atoms with E-state index in [-0.39, 0.29) is 17.6 Å². The summed E-state index contributed by atoms with van der Waals surface area (Å²) in [4.78, 5) is 14.6. The summed E-state index contributed by atoms with van der Waals surface area (Å²) in [5.41, 5.74) is 0. The topological polar surface area (TPSA) is 65.2 Å². The minimum Gasteiger partial charge on any atom is -0.370 e. The molecule has 1 aromatic rings. The molecule has 0 saturated heterocycles. The minimum atomic E-state index is -4.90. The number of aromatic nitrogens is 2. The molecule has 0 radical (unpaired) electrons. The second-order valence-corrected chi connectivity index (χ2v) is 4.26. The van der Waals surface area contributed by atoms with Gasteiger partial charge in [-0.15, -0.1) is 0 Å². The summed E-state index contributed by atoms with van der Waals surface area (Å²) in [7, 11) is 0. The van der Waals surface area contributed by atoms with Crippen molar-refractivity contribution in [2.75, 3.05) is 6.61 Å². The highest BCUT2D eigenvalue weighted by Gasteiger charge is 2.39. The Morgan fingerprint density at radius 3 is 2.53 bits per heavy atom. The summed E-state index contributed by atoms with van der Waals surface area (Å²) in [5.74, 6) is -2.09. The lowest BCUT2D eigenvalue weighted by Crippen LogP contribution is -2.24. The molecule has 0 N–H and O–H groups in total. The minimum absolute atomic E-state index is 0.0312. The number of ketones is 1. The zero-order valence-electron chi connectivity index (χ0n) is 10.8. The third-order valence-corrected chi connectivity index (χ3v) is 2.32. The predicted molar refractivity (Wildman–Crippen MR) is 58.3 cm³/mol. The van der Waals surface area contributed by atoms with Crippen LogP contribution >= 0.6 is 0 Å². The van der Waals surface area contributed by atoms with Gasteiger partial charge >= 0.3 is 6.18 Å². The first kappa shape index (κ1) is 15.6. The van der Waals surface area contributed by atoms with Gasteiger partial charge in [0.25, 0.3) is 0 Å². The molecule has 0 fully saturated rings. The number of ether oxygens (including phenoxy) is 1. The van der Waals surface area contributed by atoms with Crippen LogP contribution in [0.4, 0.5) is 13.2 Å². The number of hydrogen-bond donors (Lipinski definition) is 0. The lowest BCUT2D eigenvalue weighted by molar-refractivity contribution is -0.170. The molecule has 0 spiro atoms. The molecular weight excluding hydrogens is 265 g/mol. The molecule has 0 amide bonds. The van der Waals surface area contributed by atoms with Crippen molar-refractivity contribution in [3.05, 3.63) is 11.7 Å². The van der Waals surface area contributed by atoms with E-state index in [9.17, 15) is 18.0 Å². The van der Waals surface area contributed by atoms with Crippen LogP contribution in [0, 0.1) is 5.92 Å². The van der Waals surface area contributed by atoms with Crippen molar-refractivity contribution >= 4 is 5.78 Å². The number of Topliss-reactive ketones (excluding diaryl/α,β-unsaturated/α-hetero) is 1. The van der Waals surface area contributed by atoms with E-state index in [1.807, 2.05) is 13.8 Å². The molecule has 0 aliphatic carbocycles. The van der Waals surface area contributed by atoms with Gasteiger partial charge in [0.15, 0.2) is 0 Å². The molecule has 0 aliphatic heterocycles. The van der Waals surface area contributed by atoms with E-state index in [2.05, 4.69) is 14.7 Å². The van der Waals surface area contributed by atoms with Crippen LogP contribution in [0.3, 0.4) is 0 Å². The average Bonchev–Trinajstić information content (AvgIpc) is 2.72. The molecule has 1 unspecified atom stereocenters. The van der Waals surface area contributed by atoms with E-state index < -0.39 is 24.5 Å². The molecule has 0 bridgehead atoms. The molecule has 0 aliphatic rings. The fourth-order valence-electron chi connectivity index (χ4n) is 1.44. The van der Waals surface area contributed by atoms with Gasteiger partial charge in [-0.2, -0.15) is 18.2 Å². The fourth-order valence-corrected chi connectivity index (χ4v) is 1.44. The molecule has 8 heteroatoms. The van der Waals surface area contributed by atoms with Crippen molar-refractivity contribution < 1.29 is 27.2 Å². The van der Waals surface area contributed by atoms with E-state index in [0.29, 0.717) is 6.61 Å². The van der Waals surface area contributed by atoms with Gasteiger partial charge in [-0.25, -0.2) is 0 Å². The van der Waals surface area contributed by atoms with Crippen molar-refractivity contribution in [1.82, 2.24) is 10.1 Å². The SMILES string of the molecule is CCOC(c1noc(CC(=O)C(F)(F)F)n1)C(C)C. The van der Waals surface area contributed by atoms with Gasteiger partial charge in [-0.05, 0) is 12.8 Å². The van der Waals surface area contributed by atoms with E-state index in [0.717, 1.165) is 0 Å². The summed E-state index contributed by atoms with van der Waals surface area (Å²) in [6.07, 6.45) is -6.32. The molecule has 1 rings (SSSR count). The molecular formula is C11H15F3N2O3. The Labute approximate surface area is 108 Å². The Morgan fingerprint density at radius 2 is 2.05 bits per heavy atom. The first-order valence-electron chi connectivity index (χ1n) is 5.79. The lowest BCUT2D eigenvalue weighted by atomic mass is 10.1. The van der Waals surface area contributed by atoms with Crippen LogP contribution in [-0.4, -0.2) is 28.7 Å². The highest BCUT2D eigenvalue weighted by atomic mass is 19.4. The Morgan fingerprint density at radius 1 is 1.42 bits per heavy atom. The van der Waals surface area contributed by atoms with Crippen molar-refractivity contribution in [3.8, 4) is 0 Å². The smallest absolute Gasteiger partial charge is 0.370 e. The number of alkyl halides is 3. The molecule has 1 aromatic heterocycles. The highest BCUT2D eigenvalue weighted by Crippen LogP contribution is 2.24. The zero-order chi connectivity index (χ0) is 14.6. The Bertz CT molecular complexity index is 429. The summed E-state index contributed by atoms with van der Waals surface area (Å²) in [6.45, 7) is 5.91. The quantitative estimate of drug-likeness (QED) is 0.801. The first-order valence-corrected chi connectivity index (χ1v) is 5.79. The van der Waals surface area contributed by atoms with Crippen LogP contribution in [0.1, 0.15) is 38.6 Å². The van der Waals surface area contributed by atoms with Gasteiger partial charge in [0.2, 0.25) is 17.5 Å². The number of nitrogens with zero attached hydrogens (tertiary/aromatic N) is 2. The summed E-state index contributed by atoms with van der Waals surface area (Å²) < 4.78 is 46.3. The summed E-state index contributed by atoms with van der Waals surface area (Å²) in [6, 6.07) is 0. The number of rotatable bonds is 6. The molecule has 1 heterocycles. The van der Waals surface area contributed by atoms with Gasteiger partial charge in [0.1, 0.15) is 6.10 Å². The maximum Gasteiger partial charge on any atom is 0.450 e. The predicted octanol–water partition coefficient (Wildman–Crippen LogP) is 2.48. The normalized spacial score (nSPS) is 13.8. The summed E-state index contributed by atoms with van der Waals surface area (Å²) >= 11 is 0. The number of halogens is 3. The Kier molecular flexibility index (Phi) is 5.04. The van der Waals surface area contributed by atoms with Gasteiger partial charge in [0.05, 0.1) is 6.42 Å². The number of hydrogen-bond acceptors (Lipinski definition) is 5. The standard InChI is InChI=1S/C11H15F3N2O3/c1-4-18-9(6(2)3)10-15-8(19-16-10)5-7(17)11(12,13)14/h6,9H,4-5H2,1-3H3. The molecule has 5 nitrogen and oxygen atoms in total. The van der Waals surface area contributed by atoms with E-state index in [4.69, 9.17) is 4.74 Å². The van der Waals surface area contributed by atoms with E-state index in [1.54, 1.807) is 6.92 Å². The van der Waals surface area contributed by atoms with Crippen molar-refractivity contribution in [3.63, 3.8) is 0 Å². The average molecular weight is 280 g/mol. The first-order chi connectivity index (χ1) is 8.75. The van der Waals surface area contributed by atoms with Crippen molar-refractivity contribution in [2.24, 2.45) is 5.92 Å². The zero-order valence-corrected chi connectivity index (χ0v) is 10.8. The summed E-state index contributed by atoms with van der Waals surface area (Å²) in [5, 5.41) is 3.56. The highest BCUT2D eigenvalue weighted by molar-refractivity contribution is 5.85. The van der Waals surface area contributed by atoms with Crippen LogP contribution in [0.2, 0.25) is 0 Å². The van der Waals surface area contributed by atoms with Crippen molar-refractivity contribution in [1.29, 1.82) is 0 Å². The molecule has 1 atom stereocenters. The maximum absolute atomic E-state index is 12.1. The molecule has 0 saturated carbocycles. The Balaban J connectivity index is 2.79. The largest absolute Gasteiger partial charge is 0.450 e. The van der Waals surface area contributed by atoms with Gasteiger partial charge in [-0.3, -0.25) is 4.79 Å². The van der Waals surface area contributed by atoms with Crippen molar-refractivity contribution in [2.45, 2.75) is 39.5 Å². The van der Waals surface area contributed by atoms with Crippen LogP contribution in [0.15, 0.2) is 4.52 Å². The number of carbonyl (C=O) groups is 1. The van der Waals surface area contributed by atoms with Crippen LogP contribution < -0.4 is 0 Å². The molecule has 19 heavy (non-hydrogen) atoms. The monoisotopic (exact) mass is 280 g/mol. The fraction of sp³-hybridized carbons (Fsp3) is 0.727. The van der Waals surface area contributed by atoms with Crippen LogP contribution in [0.5, 0.6) is 0 Å². The van der Waals surface area contributed by atoms with Gasteiger partial charge in [-0.1, -0.05) is 19.0 Å². The van der Waals surface area contributed by atoms with E-state index in [1.165, 1.54) is 0 Å². The van der Waals surface area contributed by atoms with Crippen LogP contribution in [0.25, 0.3) is 0 Å². The second kappa shape index (κ2) is 6.14. The second-order valence-electron chi connectivity index (χ2n) is 4.26. The lowest BCUT2D eigenvalue weighted by Gasteiger charge is -2.16.